The Bertz CT molecular complexity index is 1000. The van der Waals surface area contributed by atoms with Crippen LogP contribution < -0.4 is 10.1 Å². The van der Waals surface area contributed by atoms with E-state index in [4.69, 9.17) is 16.3 Å². The summed E-state index contributed by atoms with van der Waals surface area (Å²) in [5.41, 5.74) is 1.10. The van der Waals surface area contributed by atoms with Crippen molar-refractivity contribution in [2.45, 2.75) is 12.5 Å². The van der Waals surface area contributed by atoms with E-state index in [2.05, 4.69) is 5.32 Å². The number of halogens is 1. The third-order valence-electron chi connectivity index (χ3n) is 4.27. The molecule has 0 spiro atoms. The predicted molar refractivity (Wildman–Crippen MR) is 105 cm³/mol. The maximum Gasteiger partial charge on any atom is 0.326 e. The van der Waals surface area contributed by atoms with Gasteiger partial charge in [-0.2, -0.15) is 0 Å². The zero-order chi connectivity index (χ0) is 19.4. The molecule has 0 saturated heterocycles. The lowest BCUT2D eigenvalue weighted by Crippen LogP contribution is -2.42. The average Bonchev–Trinajstić information content (AvgIpc) is 2.67. The molecule has 0 heterocycles. The fourth-order valence-corrected chi connectivity index (χ4v) is 3.13. The summed E-state index contributed by atoms with van der Waals surface area (Å²) in [6, 6.07) is 16.9. The molecule has 6 heteroatoms. The van der Waals surface area contributed by atoms with Crippen LogP contribution in [0.25, 0.3) is 10.8 Å². The van der Waals surface area contributed by atoms with Crippen molar-refractivity contribution < 1.29 is 19.4 Å². The number of nitrogens with one attached hydrogen (secondary N) is 1. The highest BCUT2D eigenvalue weighted by atomic mass is 35.5. The maximum absolute atomic E-state index is 12.5. The van der Waals surface area contributed by atoms with Crippen LogP contribution in [0.4, 0.5) is 0 Å². The highest BCUT2D eigenvalue weighted by molar-refractivity contribution is 6.32. The van der Waals surface area contributed by atoms with Gasteiger partial charge in [0.15, 0.2) is 0 Å². The van der Waals surface area contributed by atoms with Gasteiger partial charge in [0.1, 0.15) is 11.8 Å². The topological polar surface area (TPSA) is 75.6 Å². The Morgan fingerprint density at radius 2 is 1.81 bits per heavy atom. The summed E-state index contributed by atoms with van der Waals surface area (Å²) in [7, 11) is 1.50. The standard InChI is InChI=1S/C21H18ClNO4/c1-27-19-9-6-13(10-17(19)22)11-18(21(25)26)23-20(24)16-8-7-14-4-2-3-5-15(14)12-16/h2-10,12,18H,11H2,1H3,(H,23,24)(H,25,26)/t18-/m0/s1. The molecule has 0 aliphatic heterocycles. The third kappa shape index (κ3) is 4.38. The molecule has 27 heavy (non-hydrogen) atoms. The van der Waals surface area contributed by atoms with Gasteiger partial charge in [0.05, 0.1) is 12.1 Å². The van der Waals surface area contributed by atoms with E-state index in [0.29, 0.717) is 21.9 Å². The normalized spacial score (nSPS) is 11.8. The van der Waals surface area contributed by atoms with Crippen LogP contribution in [0.3, 0.4) is 0 Å². The second kappa shape index (κ2) is 8.10. The summed E-state index contributed by atoms with van der Waals surface area (Å²) in [5.74, 6) is -1.05. The summed E-state index contributed by atoms with van der Waals surface area (Å²) in [4.78, 5) is 24.2. The Labute approximate surface area is 161 Å². The number of carboxylic acids is 1. The van der Waals surface area contributed by atoms with Crippen molar-refractivity contribution in [3.8, 4) is 5.75 Å². The average molecular weight is 384 g/mol. The zero-order valence-corrected chi connectivity index (χ0v) is 15.4. The van der Waals surface area contributed by atoms with Crippen LogP contribution in [0.2, 0.25) is 5.02 Å². The van der Waals surface area contributed by atoms with Gasteiger partial charge >= 0.3 is 5.97 Å². The van der Waals surface area contributed by atoms with Crippen molar-refractivity contribution in [2.24, 2.45) is 0 Å². The minimum Gasteiger partial charge on any atom is -0.495 e. The first-order chi connectivity index (χ1) is 13.0. The molecular weight excluding hydrogens is 366 g/mol. The van der Waals surface area contributed by atoms with E-state index in [1.54, 1.807) is 30.3 Å². The van der Waals surface area contributed by atoms with E-state index in [1.165, 1.54) is 7.11 Å². The SMILES string of the molecule is COc1ccc(C[C@H](NC(=O)c2ccc3ccccc3c2)C(=O)O)cc1Cl. The number of carbonyl (C=O) groups is 2. The quantitative estimate of drug-likeness (QED) is 0.676. The molecule has 3 aromatic rings. The second-order valence-corrected chi connectivity index (χ2v) is 6.51. The number of fused-ring (bicyclic) bond motifs is 1. The van der Waals surface area contributed by atoms with Crippen molar-refractivity contribution in [1.82, 2.24) is 5.32 Å². The van der Waals surface area contributed by atoms with Crippen LogP contribution in [0.1, 0.15) is 15.9 Å². The van der Waals surface area contributed by atoms with Crippen LogP contribution in [0, 0.1) is 0 Å². The molecule has 0 saturated carbocycles. The van der Waals surface area contributed by atoms with Crippen molar-refractivity contribution in [1.29, 1.82) is 0 Å². The number of carboxylic acid groups (broad SMARTS) is 1. The molecule has 138 valence electrons. The van der Waals surface area contributed by atoms with Crippen LogP contribution in [-0.2, 0) is 11.2 Å². The lowest BCUT2D eigenvalue weighted by Gasteiger charge is -2.15. The predicted octanol–water partition coefficient (Wildman–Crippen LogP) is 3.93. The largest absolute Gasteiger partial charge is 0.495 e. The van der Waals surface area contributed by atoms with Crippen molar-refractivity contribution in [2.75, 3.05) is 7.11 Å². The lowest BCUT2D eigenvalue weighted by molar-refractivity contribution is -0.139. The molecule has 0 radical (unpaired) electrons. The summed E-state index contributed by atoms with van der Waals surface area (Å²) in [6.07, 6.45) is 0.109. The highest BCUT2D eigenvalue weighted by Crippen LogP contribution is 2.25. The van der Waals surface area contributed by atoms with E-state index in [1.807, 2.05) is 30.3 Å². The van der Waals surface area contributed by atoms with Crippen molar-refractivity contribution in [3.05, 3.63) is 76.8 Å². The zero-order valence-electron chi connectivity index (χ0n) is 14.6. The van der Waals surface area contributed by atoms with Crippen LogP contribution in [0.15, 0.2) is 60.7 Å². The molecule has 5 nitrogen and oxygen atoms in total. The number of ether oxygens (including phenoxy) is 1. The van der Waals surface area contributed by atoms with Crippen LogP contribution in [-0.4, -0.2) is 30.1 Å². The lowest BCUT2D eigenvalue weighted by atomic mass is 10.0. The molecular formula is C21H18ClNO4. The molecule has 0 aliphatic rings. The Hall–Kier alpha value is -3.05. The van der Waals surface area contributed by atoms with Crippen molar-refractivity contribution in [3.63, 3.8) is 0 Å². The minimum absolute atomic E-state index is 0.109. The van der Waals surface area contributed by atoms with Gasteiger partial charge in [-0.1, -0.05) is 48.0 Å². The molecule has 2 N–H and O–H groups in total. The number of benzene rings is 3. The monoisotopic (exact) mass is 383 g/mol. The number of rotatable bonds is 6. The van der Waals surface area contributed by atoms with E-state index in [-0.39, 0.29) is 6.42 Å². The van der Waals surface area contributed by atoms with Gasteiger partial charge in [-0.3, -0.25) is 4.79 Å². The van der Waals surface area contributed by atoms with Gasteiger partial charge in [0.25, 0.3) is 5.91 Å². The summed E-state index contributed by atoms with van der Waals surface area (Å²) < 4.78 is 5.09. The summed E-state index contributed by atoms with van der Waals surface area (Å²) in [6.45, 7) is 0. The Morgan fingerprint density at radius 1 is 1.07 bits per heavy atom. The molecule has 1 amide bonds. The number of hydrogen-bond donors (Lipinski definition) is 2. The molecule has 0 fully saturated rings. The molecule has 0 aliphatic carbocycles. The second-order valence-electron chi connectivity index (χ2n) is 6.10. The van der Waals surface area contributed by atoms with Gasteiger partial charge in [-0.05, 0) is 40.6 Å². The highest BCUT2D eigenvalue weighted by Gasteiger charge is 2.21. The van der Waals surface area contributed by atoms with E-state index in [9.17, 15) is 14.7 Å². The molecule has 0 aromatic heterocycles. The molecule has 1 atom stereocenters. The number of amides is 1. The first-order valence-electron chi connectivity index (χ1n) is 8.33. The fraction of sp³-hybridized carbons (Fsp3) is 0.143. The fourth-order valence-electron chi connectivity index (χ4n) is 2.84. The van der Waals surface area contributed by atoms with Crippen LogP contribution >= 0.6 is 11.6 Å². The van der Waals surface area contributed by atoms with Gasteiger partial charge in [0.2, 0.25) is 0 Å². The van der Waals surface area contributed by atoms with Gasteiger partial charge in [-0.15, -0.1) is 0 Å². The molecule has 0 bridgehead atoms. The van der Waals surface area contributed by atoms with E-state index < -0.39 is 17.9 Å². The molecule has 0 unspecified atom stereocenters. The Morgan fingerprint density at radius 3 is 2.48 bits per heavy atom. The number of aliphatic carboxylic acids is 1. The first kappa shape index (κ1) is 18.7. The van der Waals surface area contributed by atoms with Gasteiger partial charge in [0, 0.05) is 12.0 Å². The van der Waals surface area contributed by atoms with Gasteiger partial charge < -0.3 is 15.2 Å². The van der Waals surface area contributed by atoms with E-state index >= 15 is 0 Å². The van der Waals surface area contributed by atoms with Gasteiger partial charge in [-0.25, -0.2) is 4.79 Å². The Balaban J connectivity index is 1.77. The van der Waals surface area contributed by atoms with Crippen LogP contribution in [0.5, 0.6) is 5.75 Å². The Kier molecular flexibility index (Phi) is 5.62. The van der Waals surface area contributed by atoms with Crippen molar-refractivity contribution >= 4 is 34.2 Å². The molecule has 3 aromatic carbocycles. The number of methoxy groups -OCH3 is 1. The first-order valence-corrected chi connectivity index (χ1v) is 8.70. The summed E-state index contributed by atoms with van der Waals surface area (Å²) in [5, 5.41) is 14.4. The number of carbonyl (C=O) groups excluding carboxylic acids is 1. The molecule has 3 rings (SSSR count). The number of hydrogen-bond acceptors (Lipinski definition) is 3. The summed E-state index contributed by atoms with van der Waals surface area (Å²) >= 11 is 6.09. The smallest absolute Gasteiger partial charge is 0.326 e. The van der Waals surface area contributed by atoms with E-state index in [0.717, 1.165) is 10.8 Å². The third-order valence-corrected chi connectivity index (χ3v) is 4.57. The minimum atomic E-state index is -1.11. The maximum atomic E-state index is 12.5.